The van der Waals surface area contributed by atoms with E-state index in [0.29, 0.717) is 24.2 Å². The SMILES string of the molecule is CNc1nc2ccccc2nc1OCC[C@H]1CCCNC1. The maximum absolute atomic E-state index is 5.87. The largest absolute Gasteiger partial charge is 0.475 e. The molecule has 1 saturated heterocycles. The van der Waals surface area contributed by atoms with Crippen molar-refractivity contribution in [3.05, 3.63) is 24.3 Å². The molecule has 1 atom stereocenters. The lowest BCUT2D eigenvalue weighted by molar-refractivity contribution is 0.248. The topological polar surface area (TPSA) is 59.1 Å². The molecule has 1 aliphatic rings. The Morgan fingerprint density at radius 3 is 2.81 bits per heavy atom. The molecule has 0 amide bonds. The van der Waals surface area contributed by atoms with E-state index in [1.165, 1.54) is 12.8 Å². The summed E-state index contributed by atoms with van der Waals surface area (Å²) < 4.78 is 5.87. The van der Waals surface area contributed by atoms with Crippen molar-refractivity contribution >= 4 is 16.9 Å². The molecule has 2 N–H and O–H groups in total. The molecule has 0 spiro atoms. The molecule has 112 valence electrons. The number of hydrogen-bond donors (Lipinski definition) is 2. The number of aromatic nitrogens is 2. The maximum Gasteiger partial charge on any atom is 0.258 e. The molecule has 1 fully saturated rings. The van der Waals surface area contributed by atoms with Crippen molar-refractivity contribution in [2.75, 3.05) is 32.1 Å². The third-order valence-corrected chi connectivity index (χ3v) is 3.94. The van der Waals surface area contributed by atoms with Gasteiger partial charge in [0.05, 0.1) is 17.6 Å². The average Bonchev–Trinajstić information content (AvgIpc) is 2.55. The first-order chi connectivity index (χ1) is 10.4. The van der Waals surface area contributed by atoms with Gasteiger partial charge in [-0.1, -0.05) is 12.1 Å². The van der Waals surface area contributed by atoms with Gasteiger partial charge in [0.1, 0.15) is 0 Å². The summed E-state index contributed by atoms with van der Waals surface area (Å²) in [6.07, 6.45) is 3.62. The molecule has 5 heteroatoms. The third-order valence-electron chi connectivity index (χ3n) is 3.94. The van der Waals surface area contributed by atoms with Crippen molar-refractivity contribution in [1.29, 1.82) is 0 Å². The van der Waals surface area contributed by atoms with E-state index in [1.807, 2.05) is 31.3 Å². The van der Waals surface area contributed by atoms with Crippen LogP contribution in [0.4, 0.5) is 5.82 Å². The molecule has 0 radical (unpaired) electrons. The highest BCUT2D eigenvalue weighted by molar-refractivity contribution is 5.77. The van der Waals surface area contributed by atoms with E-state index >= 15 is 0 Å². The first kappa shape index (κ1) is 14.1. The number of fused-ring (bicyclic) bond motifs is 1. The number of nitrogens with one attached hydrogen (secondary N) is 2. The van der Waals surface area contributed by atoms with Gasteiger partial charge in [0, 0.05) is 7.05 Å². The highest BCUT2D eigenvalue weighted by atomic mass is 16.5. The minimum Gasteiger partial charge on any atom is -0.475 e. The van der Waals surface area contributed by atoms with Gasteiger partial charge < -0.3 is 15.4 Å². The fourth-order valence-corrected chi connectivity index (χ4v) is 2.74. The summed E-state index contributed by atoms with van der Waals surface area (Å²) in [5.41, 5.74) is 1.75. The Bertz CT molecular complexity index is 596. The lowest BCUT2D eigenvalue weighted by Gasteiger charge is -2.22. The van der Waals surface area contributed by atoms with Gasteiger partial charge in [0.2, 0.25) is 0 Å². The minimum atomic E-state index is 0.597. The van der Waals surface area contributed by atoms with Crippen molar-refractivity contribution < 1.29 is 4.74 Å². The molecule has 1 aromatic carbocycles. The molecule has 21 heavy (non-hydrogen) atoms. The molecule has 5 nitrogen and oxygen atoms in total. The fourth-order valence-electron chi connectivity index (χ4n) is 2.74. The van der Waals surface area contributed by atoms with Crippen LogP contribution in [0.15, 0.2) is 24.3 Å². The summed E-state index contributed by atoms with van der Waals surface area (Å²) in [5.74, 6) is 2.01. The Kier molecular flexibility index (Phi) is 4.50. The molecule has 0 bridgehead atoms. The third kappa shape index (κ3) is 3.42. The van der Waals surface area contributed by atoms with Gasteiger partial charge in [-0.25, -0.2) is 9.97 Å². The highest BCUT2D eigenvalue weighted by Crippen LogP contribution is 2.23. The number of nitrogens with zero attached hydrogens (tertiary/aromatic N) is 2. The Labute approximate surface area is 125 Å². The Morgan fingerprint density at radius 1 is 1.29 bits per heavy atom. The quantitative estimate of drug-likeness (QED) is 0.884. The monoisotopic (exact) mass is 286 g/mol. The lowest BCUT2D eigenvalue weighted by atomic mass is 9.97. The van der Waals surface area contributed by atoms with Crippen LogP contribution in [0.5, 0.6) is 5.88 Å². The van der Waals surface area contributed by atoms with Crippen LogP contribution in [-0.4, -0.2) is 36.7 Å². The van der Waals surface area contributed by atoms with Gasteiger partial charge in [0.15, 0.2) is 5.82 Å². The van der Waals surface area contributed by atoms with Gasteiger partial charge in [-0.15, -0.1) is 0 Å². The predicted molar refractivity (Wildman–Crippen MR) is 84.8 cm³/mol. The molecule has 1 aromatic heterocycles. The molecule has 0 unspecified atom stereocenters. The maximum atomic E-state index is 5.87. The van der Waals surface area contributed by atoms with Gasteiger partial charge in [-0.2, -0.15) is 0 Å². The number of anilines is 1. The van der Waals surface area contributed by atoms with Crippen LogP contribution < -0.4 is 15.4 Å². The zero-order chi connectivity index (χ0) is 14.5. The van der Waals surface area contributed by atoms with E-state index in [9.17, 15) is 0 Å². The fraction of sp³-hybridized carbons (Fsp3) is 0.500. The van der Waals surface area contributed by atoms with E-state index in [4.69, 9.17) is 4.74 Å². The minimum absolute atomic E-state index is 0.597. The predicted octanol–water partition coefficient (Wildman–Crippen LogP) is 2.44. The summed E-state index contributed by atoms with van der Waals surface area (Å²) in [7, 11) is 1.84. The van der Waals surface area contributed by atoms with Crippen molar-refractivity contribution in [1.82, 2.24) is 15.3 Å². The number of piperidine rings is 1. The normalized spacial score (nSPS) is 18.6. The highest BCUT2D eigenvalue weighted by Gasteiger charge is 2.14. The van der Waals surface area contributed by atoms with Crippen LogP contribution in [0.1, 0.15) is 19.3 Å². The molecular weight excluding hydrogens is 264 g/mol. The first-order valence-corrected chi connectivity index (χ1v) is 7.65. The van der Waals surface area contributed by atoms with Gasteiger partial charge in [0.25, 0.3) is 5.88 Å². The van der Waals surface area contributed by atoms with Gasteiger partial charge in [-0.05, 0) is 50.4 Å². The second-order valence-corrected chi connectivity index (χ2v) is 5.47. The van der Waals surface area contributed by atoms with Crippen molar-refractivity contribution in [2.24, 2.45) is 5.92 Å². The number of hydrogen-bond acceptors (Lipinski definition) is 5. The second-order valence-electron chi connectivity index (χ2n) is 5.47. The number of rotatable bonds is 5. The van der Waals surface area contributed by atoms with E-state index in [-0.39, 0.29) is 0 Å². The second kappa shape index (κ2) is 6.72. The average molecular weight is 286 g/mol. The summed E-state index contributed by atoms with van der Waals surface area (Å²) in [6, 6.07) is 7.85. The zero-order valence-corrected chi connectivity index (χ0v) is 12.4. The van der Waals surface area contributed by atoms with E-state index in [0.717, 1.165) is 30.5 Å². The zero-order valence-electron chi connectivity index (χ0n) is 12.4. The van der Waals surface area contributed by atoms with Crippen molar-refractivity contribution in [3.63, 3.8) is 0 Å². The Hall–Kier alpha value is -1.88. The lowest BCUT2D eigenvalue weighted by Crippen LogP contribution is -2.30. The Morgan fingerprint density at radius 2 is 2.10 bits per heavy atom. The van der Waals surface area contributed by atoms with E-state index < -0.39 is 0 Å². The summed E-state index contributed by atoms with van der Waals surface area (Å²) >= 11 is 0. The molecular formula is C16H22N4O. The van der Waals surface area contributed by atoms with Crippen LogP contribution in [-0.2, 0) is 0 Å². The van der Waals surface area contributed by atoms with Crippen molar-refractivity contribution in [2.45, 2.75) is 19.3 Å². The van der Waals surface area contributed by atoms with E-state index in [2.05, 4.69) is 20.6 Å². The number of benzene rings is 1. The Balaban J connectivity index is 1.67. The molecule has 2 aromatic rings. The van der Waals surface area contributed by atoms with Gasteiger partial charge in [-0.3, -0.25) is 0 Å². The first-order valence-electron chi connectivity index (χ1n) is 7.65. The van der Waals surface area contributed by atoms with Crippen LogP contribution in [0.25, 0.3) is 11.0 Å². The van der Waals surface area contributed by atoms with E-state index in [1.54, 1.807) is 0 Å². The molecule has 3 rings (SSSR count). The van der Waals surface area contributed by atoms with Crippen LogP contribution in [0, 0.1) is 5.92 Å². The van der Waals surface area contributed by atoms with Crippen LogP contribution >= 0.6 is 0 Å². The summed E-state index contributed by atoms with van der Waals surface area (Å²) in [5, 5.41) is 6.50. The standard InChI is InChI=1S/C16H22N4O/c1-17-15-16(20-14-7-3-2-6-13(14)19-15)21-10-8-12-5-4-9-18-11-12/h2-3,6-7,12,18H,4-5,8-11H2,1H3,(H,17,19)/t12-/m1/s1. The number of para-hydroxylation sites is 2. The molecule has 0 saturated carbocycles. The van der Waals surface area contributed by atoms with Gasteiger partial charge >= 0.3 is 0 Å². The van der Waals surface area contributed by atoms with Crippen LogP contribution in [0.3, 0.4) is 0 Å². The summed E-state index contributed by atoms with van der Waals surface area (Å²) in [6.45, 7) is 2.94. The van der Waals surface area contributed by atoms with Crippen LogP contribution in [0.2, 0.25) is 0 Å². The summed E-state index contributed by atoms with van der Waals surface area (Å²) in [4.78, 5) is 9.11. The smallest absolute Gasteiger partial charge is 0.258 e. The molecule has 2 heterocycles. The molecule has 1 aliphatic heterocycles. The molecule has 0 aliphatic carbocycles. The number of ether oxygens (including phenoxy) is 1. The van der Waals surface area contributed by atoms with Crippen molar-refractivity contribution in [3.8, 4) is 5.88 Å².